The number of anilines is 1. The van der Waals surface area contributed by atoms with Crippen LogP contribution in [0.1, 0.15) is 44.4 Å². The van der Waals surface area contributed by atoms with Crippen LogP contribution in [-0.2, 0) is 6.61 Å². The highest BCUT2D eigenvalue weighted by Crippen LogP contribution is 2.33. The summed E-state index contributed by atoms with van der Waals surface area (Å²) in [5.41, 5.74) is 3.45. The maximum atomic E-state index is 9.49. The van der Waals surface area contributed by atoms with Crippen molar-refractivity contribution in [3.63, 3.8) is 0 Å². The van der Waals surface area contributed by atoms with Crippen molar-refractivity contribution in [1.29, 1.82) is 0 Å². The second-order valence-electron chi connectivity index (χ2n) is 6.69. The van der Waals surface area contributed by atoms with Gasteiger partial charge in [-0.15, -0.1) is 0 Å². The second kappa shape index (κ2) is 6.77. The highest BCUT2D eigenvalue weighted by Gasteiger charge is 2.20. The van der Waals surface area contributed by atoms with E-state index in [0.717, 1.165) is 17.7 Å². The highest BCUT2D eigenvalue weighted by atomic mass is 16.3. The van der Waals surface area contributed by atoms with E-state index in [1.165, 1.54) is 5.56 Å². The molecule has 2 heteroatoms. The summed E-state index contributed by atoms with van der Waals surface area (Å²) in [4.78, 5) is 0. The van der Waals surface area contributed by atoms with Crippen molar-refractivity contribution >= 4 is 5.69 Å². The molecule has 1 unspecified atom stereocenters. The van der Waals surface area contributed by atoms with E-state index in [1.807, 2.05) is 30.3 Å². The van der Waals surface area contributed by atoms with Crippen LogP contribution in [0.4, 0.5) is 5.69 Å². The normalized spacial score (nSPS) is 13.0. The van der Waals surface area contributed by atoms with Crippen LogP contribution >= 0.6 is 0 Å². The van der Waals surface area contributed by atoms with Crippen LogP contribution < -0.4 is 5.32 Å². The topological polar surface area (TPSA) is 32.3 Å². The summed E-state index contributed by atoms with van der Waals surface area (Å²) in [6.07, 6.45) is 1.02. The van der Waals surface area contributed by atoms with E-state index >= 15 is 0 Å². The minimum Gasteiger partial charge on any atom is -0.392 e. The third-order valence-electron chi connectivity index (χ3n) is 3.54. The third-order valence-corrected chi connectivity index (χ3v) is 3.54. The lowest BCUT2D eigenvalue weighted by molar-refractivity contribution is 0.282. The van der Waals surface area contributed by atoms with E-state index in [1.54, 1.807) is 0 Å². The van der Waals surface area contributed by atoms with Gasteiger partial charge in [-0.1, -0.05) is 69.3 Å². The molecule has 2 aromatic carbocycles. The minimum atomic E-state index is 0.0558. The summed E-state index contributed by atoms with van der Waals surface area (Å²) < 4.78 is 0. The first-order chi connectivity index (χ1) is 9.99. The van der Waals surface area contributed by atoms with E-state index in [4.69, 9.17) is 0 Å². The molecule has 0 aromatic heterocycles. The van der Waals surface area contributed by atoms with E-state index < -0.39 is 0 Å². The van der Waals surface area contributed by atoms with Gasteiger partial charge in [-0.25, -0.2) is 0 Å². The number of para-hydroxylation sites is 1. The predicted octanol–water partition coefficient (Wildman–Crippen LogP) is 4.77. The number of aliphatic hydroxyl groups excluding tert-OH is 1. The first-order valence-corrected chi connectivity index (χ1v) is 7.50. The average Bonchev–Trinajstić information content (AvgIpc) is 2.47. The molecule has 112 valence electrons. The van der Waals surface area contributed by atoms with Crippen molar-refractivity contribution in [1.82, 2.24) is 0 Å². The number of hydrogen-bond donors (Lipinski definition) is 2. The van der Waals surface area contributed by atoms with Crippen molar-refractivity contribution in [2.75, 3.05) is 5.32 Å². The molecule has 0 amide bonds. The maximum absolute atomic E-state index is 9.49. The van der Waals surface area contributed by atoms with Gasteiger partial charge in [0.2, 0.25) is 0 Å². The van der Waals surface area contributed by atoms with Gasteiger partial charge >= 0.3 is 0 Å². The molecule has 1 atom stereocenters. The Kier molecular flexibility index (Phi) is 5.03. The van der Waals surface area contributed by atoms with E-state index in [-0.39, 0.29) is 18.1 Å². The quantitative estimate of drug-likeness (QED) is 0.828. The molecular formula is C19H25NO. The molecule has 2 N–H and O–H groups in total. The zero-order valence-electron chi connectivity index (χ0n) is 13.1. The summed E-state index contributed by atoms with van der Waals surface area (Å²) in [6, 6.07) is 18.7. The lowest BCUT2D eigenvalue weighted by atomic mass is 9.85. The molecule has 0 saturated heterocycles. The van der Waals surface area contributed by atoms with Crippen LogP contribution in [0, 0.1) is 5.41 Å². The summed E-state index contributed by atoms with van der Waals surface area (Å²) in [6.45, 7) is 6.81. The monoisotopic (exact) mass is 283 g/mol. The van der Waals surface area contributed by atoms with Gasteiger partial charge in [0.15, 0.2) is 0 Å². The summed E-state index contributed by atoms with van der Waals surface area (Å²) >= 11 is 0. The number of rotatable bonds is 5. The van der Waals surface area contributed by atoms with Crippen LogP contribution in [-0.4, -0.2) is 5.11 Å². The van der Waals surface area contributed by atoms with Gasteiger partial charge in [0.25, 0.3) is 0 Å². The zero-order valence-corrected chi connectivity index (χ0v) is 13.1. The standard InChI is InChI=1S/C19H25NO/c1-19(2,3)13-18(15-9-5-4-6-10-15)20-17-12-8-7-11-16(17)14-21/h4-12,18,20-21H,13-14H2,1-3H3. The Morgan fingerprint density at radius 1 is 0.952 bits per heavy atom. The molecule has 0 radical (unpaired) electrons. The lowest BCUT2D eigenvalue weighted by Crippen LogP contribution is -2.19. The fraction of sp³-hybridized carbons (Fsp3) is 0.368. The minimum absolute atomic E-state index is 0.0558. The van der Waals surface area contributed by atoms with Gasteiger partial charge in [0.05, 0.1) is 12.6 Å². The smallest absolute Gasteiger partial charge is 0.0701 e. The van der Waals surface area contributed by atoms with Crippen molar-refractivity contribution < 1.29 is 5.11 Å². The summed E-state index contributed by atoms with van der Waals surface area (Å²) in [5, 5.41) is 13.1. The van der Waals surface area contributed by atoms with Gasteiger partial charge in [-0.05, 0) is 23.5 Å². The second-order valence-corrected chi connectivity index (χ2v) is 6.69. The molecule has 0 fully saturated rings. The van der Waals surface area contributed by atoms with Gasteiger partial charge in [0.1, 0.15) is 0 Å². The average molecular weight is 283 g/mol. The van der Waals surface area contributed by atoms with E-state index in [2.05, 4.69) is 50.4 Å². The van der Waals surface area contributed by atoms with Gasteiger partial charge in [0, 0.05) is 11.3 Å². The van der Waals surface area contributed by atoms with E-state index in [0.29, 0.717) is 0 Å². The predicted molar refractivity (Wildman–Crippen MR) is 89.2 cm³/mol. The molecule has 0 aliphatic rings. The molecule has 2 aromatic rings. The largest absolute Gasteiger partial charge is 0.392 e. The van der Waals surface area contributed by atoms with Crippen LogP contribution in [0.5, 0.6) is 0 Å². The van der Waals surface area contributed by atoms with Crippen LogP contribution in [0.15, 0.2) is 54.6 Å². The Hall–Kier alpha value is -1.80. The Bertz CT molecular complexity index is 557. The van der Waals surface area contributed by atoms with E-state index in [9.17, 15) is 5.11 Å². The molecule has 0 aliphatic heterocycles. The molecule has 21 heavy (non-hydrogen) atoms. The molecule has 0 saturated carbocycles. The van der Waals surface area contributed by atoms with Crippen molar-refractivity contribution in [2.24, 2.45) is 5.41 Å². The lowest BCUT2D eigenvalue weighted by Gasteiger charge is -2.28. The number of aliphatic hydroxyl groups is 1. The Labute approximate surface area is 127 Å². The maximum Gasteiger partial charge on any atom is 0.0701 e. The third kappa shape index (κ3) is 4.61. The summed E-state index contributed by atoms with van der Waals surface area (Å²) in [7, 11) is 0. The van der Waals surface area contributed by atoms with Crippen LogP contribution in [0.3, 0.4) is 0 Å². The fourth-order valence-electron chi connectivity index (χ4n) is 2.54. The molecule has 0 spiro atoms. The molecule has 0 heterocycles. The van der Waals surface area contributed by atoms with Gasteiger partial charge in [-0.2, -0.15) is 0 Å². The molecule has 0 bridgehead atoms. The first-order valence-electron chi connectivity index (χ1n) is 7.50. The number of hydrogen-bond acceptors (Lipinski definition) is 2. The van der Waals surface area contributed by atoms with Crippen molar-refractivity contribution in [3.05, 3.63) is 65.7 Å². The zero-order chi connectivity index (χ0) is 15.3. The van der Waals surface area contributed by atoms with Gasteiger partial charge in [-0.3, -0.25) is 0 Å². The first kappa shape index (κ1) is 15.6. The fourth-order valence-corrected chi connectivity index (χ4v) is 2.54. The van der Waals surface area contributed by atoms with Crippen LogP contribution in [0.2, 0.25) is 0 Å². The highest BCUT2D eigenvalue weighted by molar-refractivity contribution is 5.52. The van der Waals surface area contributed by atoms with Crippen LogP contribution in [0.25, 0.3) is 0 Å². The van der Waals surface area contributed by atoms with Crippen molar-refractivity contribution in [2.45, 2.75) is 39.8 Å². The SMILES string of the molecule is CC(C)(C)CC(Nc1ccccc1CO)c1ccccc1. The Balaban J connectivity index is 2.28. The van der Waals surface area contributed by atoms with Crippen molar-refractivity contribution in [3.8, 4) is 0 Å². The number of benzene rings is 2. The number of nitrogens with one attached hydrogen (secondary N) is 1. The Morgan fingerprint density at radius 3 is 2.19 bits per heavy atom. The molecule has 2 nitrogen and oxygen atoms in total. The molecular weight excluding hydrogens is 258 g/mol. The molecule has 2 rings (SSSR count). The Morgan fingerprint density at radius 2 is 1.57 bits per heavy atom. The van der Waals surface area contributed by atoms with Gasteiger partial charge < -0.3 is 10.4 Å². The summed E-state index contributed by atoms with van der Waals surface area (Å²) in [5.74, 6) is 0. The molecule has 0 aliphatic carbocycles.